The molecule has 2 heteroatoms. The summed E-state index contributed by atoms with van der Waals surface area (Å²) in [5.74, 6) is 2.95. The Labute approximate surface area is 197 Å². The topological polar surface area (TPSA) is 29.5 Å². The van der Waals surface area contributed by atoms with Gasteiger partial charge in [0.05, 0.1) is 12.7 Å². The van der Waals surface area contributed by atoms with Gasteiger partial charge in [-0.25, -0.2) is 0 Å². The molecule has 0 aromatic heterocycles. The Morgan fingerprint density at radius 2 is 1.72 bits per heavy atom. The maximum Gasteiger partial charge on any atom is 0.118 e. The number of fused-ring (bicyclic) bond motifs is 4. The van der Waals surface area contributed by atoms with E-state index in [1.807, 2.05) is 0 Å². The van der Waals surface area contributed by atoms with Gasteiger partial charge in [0.25, 0.3) is 0 Å². The fourth-order valence-electron chi connectivity index (χ4n) is 11.7. The molecule has 2 saturated heterocycles. The van der Waals surface area contributed by atoms with Crippen LogP contribution >= 0.6 is 0 Å². The molecule has 7 rings (SSSR count). The molecule has 0 aromatic rings. The van der Waals surface area contributed by atoms with Crippen molar-refractivity contribution in [2.75, 3.05) is 6.61 Å². The van der Waals surface area contributed by atoms with Crippen molar-refractivity contribution < 1.29 is 9.84 Å². The molecule has 4 saturated carbocycles. The second kappa shape index (κ2) is 6.26. The Bertz CT molecular complexity index is 853. The van der Waals surface area contributed by atoms with E-state index < -0.39 is 5.60 Å². The molecule has 9 atom stereocenters. The van der Waals surface area contributed by atoms with Gasteiger partial charge in [-0.05, 0) is 96.9 Å². The maximum atomic E-state index is 13.0. The SMILES string of the molecule is CC(C)[C@H]1CCC2[C@]1(C)CC[C@@]1(C)[C@@]2(C)CC=C2[C@@]34CCCC(C)(C)C3C[C@@H](OC4)[C@@]21O. The predicted molar refractivity (Wildman–Crippen MR) is 130 cm³/mol. The van der Waals surface area contributed by atoms with E-state index in [9.17, 15) is 5.11 Å². The quantitative estimate of drug-likeness (QED) is 0.438. The molecule has 2 heterocycles. The van der Waals surface area contributed by atoms with E-state index in [1.54, 1.807) is 0 Å². The second-order valence-corrected chi connectivity index (χ2v) is 14.9. The number of allylic oxidation sites excluding steroid dienone is 1. The van der Waals surface area contributed by atoms with E-state index in [1.165, 1.54) is 44.1 Å². The minimum atomic E-state index is -0.778. The van der Waals surface area contributed by atoms with Gasteiger partial charge in [-0.2, -0.15) is 0 Å². The summed E-state index contributed by atoms with van der Waals surface area (Å²) in [5.41, 5.74) is 1.57. The van der Waals surface area contributed by atoms with Crippen LogP contribution in [0.5, 0.6) is 0 Å². The third-order valence-corrected chi connectivity index (χ3v) is 13.4. The van der Waals surface area contributed by atoms with E-state index in [2.05, 4.69) is 54.5 Å². The molecule has 180 valence electrons. The van der Waals surface area contributed by atoms with E-state index in [4.69, 9.17) is 4.74 Å². The van der Waals surface area contributed by atoms with Crippen LogP contribution in [0.15, 0.2) is 11.6 Å². The van der Waals surface area contributed by atoms with E-state index in [0.717, 1.165) is 37.7 Å². The molecule has 2 bridgehead atoms. The van der Waals surface area contributed by atoms with Gasteiger partial charge >= 0.3 is 0 Å². The molecule has 5 aliphatic carbocycles. The van der Waals surface area contributed by atoms with Gasteiger partial charge in [0.15, 0.2) is 0 Å². The highest BCUT2D eigenvalue weighted by Crippen LogP contribution is 2.78. The molecule has 0 amide bonds. The largest absolute Gasteiger partial charge is 0.382 e. The van der Waals surface area contributed by atoms with Crippen LogP contribution in [0.4, 0.5) is 0 Å². The standard InChI is InChI=1S/C30H48O2/c1-19(2)20-9-10-21-26(20,5)15-16-28(7)27(21,6)14-11-22-29-13-8-12-25(3,4)23(29)17-24(32-18-29)30(22,28)31/h11,19-21,23-24,31H,8-10,12-18H2,1-7H3/t20-,21?,23?,24-,26-,27+,28+,29+,30+/m1/s1. The Kier molecular flexibility index (Phi) is 4.33. The summed E-state index contributed by atoms with van der Waals surface area (Å²) in [6.07, 6.45) is 13.8. The van der Waals surface area contributed by atoms with Crippen molar-refractivity contribution in [3.8, 4) is 0 Å². The van der Waals surface area contributed by atoms with Crippen molar-refractivity contribution >= 4 is 0 Å². The molecule has 2 unspecified atom stereocenters. The van der Waals surface area contributed by atoms with Crippen LogP contribution < -0.4 is 0 Å². The molecule has 1 spiro atoms. The van der Waals surface area contributed by atoms with Crippen molar-refractivity contribution in [3.63, 3.8) is 0 Å². The van der Waals surface area contributed by atoms with Gasteiger partial charge in [0.1, 0.15) is 5.60 Å². The first-order chi connectivity index (χ1) is 14.9. The van der Waals surface area contributed by atoms with Crippen molar-refractivity contribution in [2.45, 2.75) is 118 Å². The lowest BCUT2D eigenvalue weighted by molar-refractivity contribution is -0.307. The number of rotatable bonds is 1. The summed E-state index contributed by atoms with van der Waals surface area (Å²) in [7, 11) is 0. The summed E-state index contributed by atoms with van der Waals surface area (Å²) in [5, 5.41) is 13.0. The van der Waals surface area contributed by atoms with Crippen molar-refractivity contribution in [3.05, 3.63) is 11.6 Å². The summed E-state index contributed by atoms with van der Waals surface area (Å²) in [6.45, 7) is 18.4. The summed E-state index contributed by atoms with van der Waals surface area (Å²) in [4.78, 5) is 0. The first kappa shape index (κ1) is 22.1. The molecule has 0 radical (unpaired) electrons. The highest BCUT2D eigenvalue weighted by Gasteiger charge is 2.77. The van der Waals surface area contributed by atoms with Crippen molar-refractivity contribution in [1.82, 2.24) is 0 Å². The molecule has 1 N–H and O–H groups in total. The minimum Gasteiger partial charge on any atom is -0.382 e. The zero-order chi connectivity index (χ0) is 22.9. The molecule has 32 heavy (non-hydrogen) atoms. The predicted octanol–water partition coefficient (Wildman–Crippen LogP) is 7.16. The maximum absolute atomic E-state index is 13.0. The third kappa shape index (κ3) is 2.18. The summed E-state index contributed by atoms with van der Waals surface area (Å²) >= 11 is 0. The third-order valence-electron chi connectivity index (χ3n) is 13.4. The van der Waals surface area contributed by atoms with Gasteiger partial charge in [-0.3, -0.25) is 0 Å². The fraction of sp³-hybridized carbons (Fsp3) is 0.933. The normalized spacial score (nSPS) is 58.0. The average molecular weight is 441 g/mol. The van der Waals surface area contributed by atoms with E-state index >= 15 is 0 Å². The summed E-state index contributed by atoms with van der Waals surface area (Å²) in [6, 6.07) is 0. The lowest BCUT2D eigenvalue weighted by atomic mass is 9.33. The monoisotopic (exact) mass is 440 g/mol. The lowest BCUT2D eigenvalue weighted by Crippen LogP contribution is -2.77. The smallest absolute Gasteiger partial charge is 0.118 e. The fourth-order valence-corrected chi connectivity index (χ4v) is 11.7. The highest BCUT2D eigenvalue weighted by atomic mass is 16.5. The van der Waals surface area contributed by atoms with Gasteiger partial charge in [0, 0.05) is 10.8 Å². The van der Waals surface area contributed by atoms with Crippen molar-refractivity contribution in [2.24, 2.45) is 50.7 Å². The zero-order valence-electron chi connectivity index (χ0n) is 21.9. The van der Waals surface area contributed by atoms with Crippen LogP contribution in [0.2, 0.25) is 0 Å². The first-order valence-corrected chi connectivity index (χ1v) is 13.9. The van der Waals surface area contributed by atoms with Crippen LogP contribution in [-0.4, -0.2) is 23.4 Å². The average Bonchev–Trinajstić information content (AvgIpc) is 3.08. The van der Waals surface area contributed by atoms with Gasteiger partial charge < -0.3 is 9.84 Å². The van der Waals surface area contributed by atoms with Crippen LogP contribution in [0.25, 0.3) is 0 Å². The van der Waals surface area contributed by atoms with Gasteiger partial charge in [-0.15, -0.1) is 0 Å². The molecule has 7 aliphatic rings. The van der Waals surface area contributed by atoms with Crippen LogP contribution in [0.3, 0.4) is 0 Å². The second-order valence-electron chi connectivity index (χ2n) is 14.9. The molecule has 2 aliphatic heterocycles. The zero-order valence-corrected chi connectivity index (χ0v) is 21.9. The summed E-state index contributed by atoms with van der Waals surface area (Å²) < 4.78 is 6.67. The molecule has 0 aromatic carbocycles. The van der Waals surface area contributed by atoms with E-state index in [-0.39, 0.29) is 22.3 Å². The first-order valence-electron chi connectivity index (χ1n) is 13.9. The Hall–Kier alpha value is -0.340. The van der Waals surface area contributed by atoms with Gasteiger partial charge in [0.2, 0.25) is 0 Å². The lowest BCUT2D eigenvalue weighted by Gasteiger charge is -2.75. The number of aliphatic hydroxyl groups is 1. The molecular weight excluding hydrogens is 392 g/mol. The number of ether oxygens (including phenoxy) is 1. The molecule has 6 fully saturated rings. The Morgan fingerprint density at radius 1 is 0.969 bits per heavy atom. The minimum absolute atomic E-state index is 0.0192. The Morgan fingerprint density at radius 3 is 2.44 bits per heavy atom. The molecular formula is C30H48O2. The van der Waals surface area contributed by atoms with Crippen LogP contribution in [-0.2, 0) is 4.74 Å². The van der Waals surface area contributed by atoms with Crippen LogP contribution in [0.1, 0.15) is 106 Å². The van der Waals surface area contributed by atoms with E-state index in [0.29, 0.717) is 22.7 Å². The van der Waals surface area contributed by atoms with Crippen LogP contribution in [0, 0.1) is 50.7 Å². The molecule has 2 nitrogen and oxygen atoms in total. The van der Waals surface area contributed by atoms with Gasteiger partial charge in [-0.1, -0.05) is 61.0 Å². The number of hydrogen-bond donors (Lipinski definition) is 1. The number of hydrogen-bond acceptors (Lipinski definition) is 2. The Balaban J connectivity index is 1.49. The highest BCUT2D eigenvalue weighted by molar-refractivity contribution is 5.43. The van der Waals surface area contributed by atoms with Crippen molar-refractivity contribution in [1.29, 1.82) is 0 Å².